The van der Waals surface area contributed by atoms with Crippen LogP contribution < -0.4 is 0 Å². The summed E-state index contributed by atoms with van der Waals surface area (Å²) in [5.74, 6) is 0. The maximum Gasteiger partial charge on any atom is 0.143 e. The van der Waals surface area contributed by atoms with E-state index in [2.05, 4.69) is 17.7 Å². The predicted octanol–water partition coefficient (Wildman–Crippen LogP) is 1.27. The number of nitrogens with zero attached hydrogens (tertiary/aromatic N) is 1. The van der Waals surface area contributed by atoms with Gasteiger partial charge in [0.1, 0.15) is 19.3 Å². The molecule has 1 nitrogen and oxygen atoms in total. The first-order chi connectivity index (χ1) is 3.93. The average molecular weight is 112 g/mol. The number of hydrogen-bond acceptors (Lipinski definition) is 0. The Morgan fingerprint density at radius 3 is 3.00 bits per heavy atom. The molecule has 0 saturated carbocycles. The molecule has 0 saturated heterocycles. The molecule has 1 aliphatic heterocycles. The molecule has 1 aliphatic rings. The minimum Gasteiger partial charge on any atom is -0.240 e. The minimum atomic E-state index is 1.26. The first-order valence-corrected chi connectivity index (χ1v) is 3.51. The van der Waals surface area contributed by atoms with Gasteiger partial charge in [-0.3, -0.25) is 0 Å². The van der Waals surface area contributed by atoms with Crippen LogP contribution in [0.25, 0.3) is 0 Å². The Labute approximate surface area is 51.0 Å². The van der Waals surface area contributed by atoms with Crippen LogP contribution in [0.2, 0.25) is 0 Å². The third kappa shape index (κ3) is 1.32. The molecule has 0 aromatic heterocycles. The summed E-state index contributed by atoms with van der Waals surface area (Å²) in [7, 11) is 0. The molecule has 0 radical (unpaired) electrons. The van der Waals surface area contributed by atoms with Crippen molar-refractivity contribution in [3.05, 3.63) is 0 Å². The van der Waals surface area contributed by atoms with Crippen LogP contribution >= 0.6 is 0 Å². The van der Waals surface area contributed by atoms with Crippen LogP contribution in [-0.4, -0.2) is 23.9 Å². The predicted molar refractivity (Wildman–Crippen MR) is 35.6 cm³/mol. The SMILES string of the molecule is CCC[N+]1=CCCC1. The van der Waals surface area contributed by atoms with E-state index >= 15 is 0 Å². The molecular weight excluding hydrogens is 98.1 g/mol. The molecule has 1 rings (SSSR count). The Bertz CT molecular complexity index is 94.6. The van der Waals surface area contributed by atoms with Crippen LogP contribution in [0, 0.1) is 0 Å². The van der Waals surface area contributed by atoms with Gasteiger partial charge in [-0.1, -0.05) is 6.92 Å². The van der Waals surface area contributed by atoms with Crippen molar-refractivity contribution < 1.29 is 4.58 Å². The molecule has 0 atom stereocenters. The normalized spacial score (nSPS) is 18.9. The van der Waals surface area contributed by atoms with E-state index in [4.69, 9.17) is 0 Å². The van der Waals surface area contributed by atoms with Crippen molar-refractivity contribution in [1.29, 1.82) is 0 Å². The zero-order valence-corrected chi connectivity index (χ0v) is 5.56. The second-order valence-electron chi connectivity index (χ2n) is 2.36. The maximum atomic E-state index is 2.42. The third-order valence-corrected chi connectivity index (χ3v) is 1.55. The summed E-state index contributed by atoms with van der Waals surface area (Å²) in [5.41, 5.74) is 0. The van der Waals surface area contributed by atoms with E-state index in [0.717, 1.165) is 0 Å². The summed E-state index contributed by atoms with van der Waals surface area (Å²) in [4.78, 5) is 0. The Kier molecular flexibility index (Phi) is 2.07. The largest absolute Gasteiger partial charge is 0.240 e. The summed E-state index contributed by atoms with van der Waals surface area (Å²) >= 11 is 0. The van der Waals surface area contributed by atoms with Gasteiger partial charge in [-0.05, 0) is 0 Å². The van der Waals surface area contributed by atoms with Crippen LogP contribution in [0.1, 0.15) is 26.2 Å². The molecule has 0 unspecified atom stereocenters. The molecule has 0 aliphatic carbocycles. The van der Waals surface area contributed by atoms with E-state index in [-0.39, 0.29) is 0 Å². The van der Waals surface area contributed by atoms with Crippen molar-refractivity contribution in [2.45, 2.75) is 26.2 Å². The zero-order chi connectivity index (χ0) is 5.82. The van der Waals surface area contributed by atoms with E-state index in [1.807, 2.05) is 0 Å². The fourth-order valence-electron chi connectivity index (χ4n) is 1.15. The summed E-state index contributed by atoms with van der Waals surface area (Å²) in [6, 6.07) is 0. The van der Waals surface area contributed by atoms with E-state index in [1.54, 1.807) is 0 Å². The maximum absolute atomic E-state index is 2.42. The lowest BCUT2D eigenvalue weighted by atomic mass is 10.4. The fourth-order valence-corrected chi connectivity index (χ4v) is 1.15. The molecule has 0 aromatic rings. The Morgan fingerprint density at radius 2 is 2.50 bits per heavy atom. The summed E-state index contributed by atoms with van der Waals surface area (Å²) in [6.45, 7) is 4.79. The van der Waals surface area contributed by atoms with Crippen LogP contribution in [0.15, 0.2) is 0 Å². The molecule has 1 heterocycles. The van der Waals surface area contributed by atoms with E-state index in [0.29, 0.717) is 0 Å². The smallest absolute Gasteiger partial charge is 0.143 e. The lowest BCUT2D eigenvalue weighted by Crippen LogP contribution is -2.08. The van der Waals surface area contributed by atoms with Crippen LogP contribution in [-0.2, 0) is 0 Å². The van der Waals surface area contributed by atoms with E-state index < -0.39 is 0 Å². The van der Waals surface area contributed by atoms with Crippen molar-refractivity contribution in [3.8, 4) is 0 Å². The Balaban J connectivity index is 2.23. The van der Waals surface area contributed by atoms with Crippen molar-refractivity contribution in [2.24, 2.45) is 0 Å². The Morgan fingerprint density at radius 1 is 1.62 bits per heavy atom. The number of rotatable bonds is 2. The van der Waals surface area contributed by atoms with Crippen molar-refractivity contribution >= 4 is 6.21 Å². The average Bonchev–Trinajstić information content (AvgIpc) is 2.19. The van der Waals surface area contributed by atoms with Crippen LogP contribution in [0.4, 0.5) is 0 Å². The molecule has 0 aromatic carbocycles. The highest BCUT2D eigenvalue weighted by Gasteiger charge is 2.07. The van der Waals surface area contributed by atoms with Gasteiger partial charge < -0.3 is 0 Å². The van der Waals surface area contributed by atoms with Crippen molar-refractivity contribution in [2.75, 3.05) is 13.1 Å². The third-order valence-electron chi connectivity index (χ3n) is 1.55. The first-order valence-electron chi connectivity index (χ1n) is 3.51. The number of hydrogen-bond donors (Lipinski definition) is 0. The fraction of sp³-hybridized carbons (Fsp3) is 0.857. The molecule has 8 heavy (non-hydrogen) atoms. The van der Waals surface area contributed by atoms with Gasteiger partial charge in [0.05, 0.1) is 0 Å². The molecule has 0 amide bonds. The lowest BCUT2D eigenvalue weighted by Gasteiger charge is -1.90. The highest BCUT2D eigenvalue weighted by atomic mass is 15.0. The minimum absolute atomic E-state index is 1.26. The first kappa shape index (κ1) is 5.80. The molecule has 0 fully saturated rings. The molecule has 1 heteroatoms. The zero-order valence-electron chi connectivity index (χ0n) is 5.56. The topological polar surface area (TPSA) is 3.01 Å². The van der Waals surface area contributed by atoms with Gasteiger partial charge in [0.15, 0.2) is 0 Å². The van der Waals surface area contributed by atoms with Gasteiger partial charge in [-0.25, -0.2) is 4.58 Å². The van der Waals surface area contributed by atoms with Gasteiger partial charge >= 0.3 is 0 Å². The monoisotopic (exact) mass is 112 g/mol. The summed E-state index contributed by atoms with van der Waals surface area (Å²) < 4.78 is 2.42. The highest BCUT2D eigenvalue weighted by Crippen LogP contribution is 1.96. The summed E-state index contributed by atoms with van der Waals surface area (Å²) in [5, 5.41) is 0. The van der Waals surface area contributed by atoms with Gasteiger partial charge in [-0.15, -0.1) is 0 Å². The highest BCUT2D eigenvalue weighted by molar-refractivity contribution is 5.52. The van der Waals surface area contributed by atoms with Crippen LogP contribution in [0.3, 0.4) is 0 Å². The molecule has 0 N–H and O–H groups in total. The van der Waals surface area contributed by atoms with Gasteiger partial charge in [0.2, 0.25) is 0 Å². The molecule has 46 valence electrons. The molecule has 0 bridgehead atoms. The van der Waals surface area contributed by atoms with Crippen molar-refractivity contribution in [1.82, 2.24) is 0 Å². The summed E-state index contributed by atoms with van der Waals surface area (Å²) in [6.07, 6.45) is 6.29. The lowest BCUT2D eigenvalue weighted by molar-refractivity contribution is -0.515. The standard InChI is InChI=1S/C7H14N/c1-2-5-8-6-3-4-7-8/h6H,2-5,7H2,1H3/q+1. The van der Waals surface area contributed by atoms with Gasteiger partial charge in [0, 0.05) is 19.3 Å². The van der Waals surface area contributed by atoms with E-state index in [9.17, 15) is 0 Å². The van der Waals surface area contributed by atoms with Crippen molar-refractivity contribution in [3.63, 3.8) is 0 Å². The van der Waals surface area contributed by atoms with Gasteiger partial charge in [0.25, 0.3) is 0 Å². The van der Waals surface area contributed by atoms with Crippen LogP contribution in [0.5, 0.6) is 0 Å². The quantitative estimate of drug-likeness (QED) is 0.473. The molecular formula is C7H14N+. The van der Waals surface area contributed by atoms with E-state index in [1.165, 1.54) is 32.4 Å². The van der Waals surface area contributed by atoms with Gasteiger partial charge in [-0.2, -0.15) is 0 Å². The Hall–Kier alpha value is -0.330. The second-order valence-corrected chi connectivity index (χ2v) is 2.36. The molecule has 0 spiro atoms. The second kappa shape index (κ2) is 2.85.